The number of ether oxygens (including phenoxy) is 1. The predicted octanol–water partition coefficient (Wildman–Crippen LogP) is 0.535. The molecule has 1 aliphatic rings. The first-order chi connectivity index (χ1) is 4.45. The molecule has 4 heteroatoms. The smallest absolute Gasteiger partial charge is 0.417 e. The third kappa shape index (κ3) is 0.761. The van der Waals surface area contributed by atoms with E-state index in [2.05, 4.69) is 11.8 Å². The van der Waals surface area contributed by atoms with Gasteiger partial charge >= 0.3 is 6.09 Å². The van der Waals surface area contributed by atoms with E-state index in [-0.39, 0.29) is 0 Å². The van der Waals surface area contributed by atoms with Crippen LogP contribution in [0.2, 0.25) is 0 Å². The largest absolute Gasteiger partial charge is 0.433 e. The molecule has 2 amide bonds. The Kier molecular flexibility index (Phi) is 1.21. The Hall–Kier alpha value is -1.06. The van der Waals surface area contributed by atoms with E-state index >= 15 is 0 Å². The van der Waals surface area contributed by atoms with Crippen molar-refractivity contribution in [2.75, 3.05) is 0 Å². The highest BCUT2D eigenvalue weighted by molar-refractivity contribution is 6.02. The van der Waals surface area contributed by atoms with E-state index in [1.54, 1.807) is 0 Å². The quantitative estimate of drug-likeness (QED) is 0.495. The molecule has 0 unspecified atom stereocenters. The summed E-state index contributed by atoms with van der Waals surface area (Å²) in [5.41, 5.74) is -1.03. The second-order valence-electron chi connectivity index (χ2n) is 2.61. The fourth-order valence-electron chi connectivity index (χ4n) is 0.725. The number of carbonyl (C=O) groups is 2. The Morgan fingerprint density at radius 2 is 2.00 bits per heavy atom. The molecule has 0 aromatic heterocycles. The van der Waals surface area contributed by atoms with Gasteiger partial charge < -0.3 is 4.74 Å². The number of hydrogen-bond acceptors (Lipinski definition) is 3. The zero-order valence-corrected chi connectivity index (χ0v) is 5.88. The molecule has 4 nitrogen and oxygen atoms in total. The number of nitrogens with zero attached hydrogens (tertiary/aromatic N) is 1. The van der Waals surface area contributed by atoms with E-state index in [9.17, 15) is 9.59 Å². The van der Waals surface area contributed by atoms with Gasteiger partial charge in [0, 0.05) is 0 Å². The summed E-state index contributed by atoms with van der Waals surface area (Å²) in [6, 6.07) is 0. The summed E-state index contributed by atoms with van der Waals surface area (Å²) < 4.78 is 4.65. The molecule has 0 N–H and O–H groups in total. The van der Waals surface area contributed by atoms with Crippen LogP contribution in [0.4, 0.5) is 4.79 Å². The van der Waals surface area contributed by atoms with Gasteiger partial charge in [0.2, 0.25) is 0 Å². The van der Waals surface area contributed by atoms with Crippen LogP contribution in [0.5, 0.6) is 0 Å². The zero-order chi connectivity index (χ0) is 7.94. The third-order valence-corrected chi connectivity index (χ3v) is 1.32. The van der Waals surface area contributed by atoms with Crippen LogP contribution in [0.25, 0.3) is 0 Å². The zero-order valence-electron chi connectivity index (χ0n) is 5.88. The van der Waals surface area contributed by atoms with Crippen molar-refractivity contribution >= 4 is 12.0 Å². The molecule has 0 atom stereocenters. The fraction of sp³-hybridized carbons (Fsp3) is 0.500. The molecule has 0 bridgehead atoms. The topological polar surface area (TPSA) is 46.6 Å². The van der Waals surface area contributed by atoms with Gasteiger partial charge in [0.05, 0.1) is 7.05 Å². The van der Waals surface area contributed by atoms with E-state index in [4.69, 9.17) is 0 Å². The number of carbonyl (C=O) groups excluding carboxylic acids is 2. The average molecular weight is 142 g/mol. The molecule has 1 fully saturated rings. The minimum atomic E-state index is -1.03. The van der Waals surface area contributed by atoms with Crippen molar-refractivity contribution in [1.82, 2.24) is 4.90 Å². The number of cyclic esters (lactones) is 1. The molecule has 0 aliphatic carbocycles. The maximum Gasteiger partial charge on any atom is 0.417 e. The van der Waals surface area contributed by atoms with Gasteiger partial charge in [-0.2, -0.15) is 0 Å². The lowest BCUT2D eigenvalue weighted by molar-refractivity contribution is -0.133. The Balaban J connectivity index is 2.92. The molecule has 1 rings (SSSR count). The van der Waals surface area contributed by atoms with Crippen molar-refractivity contribution < 1.29 is 14.3 Å². The molecule has 55 valence electrons. The van der Waals surface area contributed by atoms with Crippen molar-refractivity contribution in [3.8, 4) is 0 Å². The van der Waals surface area contributed by atoms with E-state index in [0.29, 0.717) is 0 Å². The first-order valence-electron chi connectivity index (χ1n) is 2.83. The van der Waals surface area contributed by atoms with Gasteiger partial charge in [-0.15, -0.1) is 0 Å². The Morgan fingerprint density at radius 1 is 1.50 bits per heavy atom. The van der Waals surface area contributed by atoms with E-state index in [1.165, 1.54) is 13.8 Å². The number of amides is 2. The van der Waals surface area contributed by atoms with Crippen LogP contribution in [0.15, 0.2) is 0 Å². The van der Waals surface area contributed by atoms with Crippen molar-refractivity contribution in [2.24, 2.45) is 0 Å². The molecule has 0 aromatic carbocycles. The lowest BCUT2D eigenvalue weighted by Crippen LogP contribution is -2.32. The van der Waals surface area contributed by atoms with Crippen LogP contribution in [0, 0.1) is 7.05 Å². The number of imide groups is 1. The molecule has 1 heterocycles. The van der Waals surface area contributed by atoms with Crippen LogP contribution in [-0.4, -0.2) is 22.5 Å². The summed E-state index contributed by atoms with van der Waals surface area (Å²) in [5, 5.41) is 0. The lowest BCUT2D eigenvalue weighted by Gasteiger charge is -2.10. The summed E-state index contributed by atoms with van der Waals surface area (Å²) in [5.74, 6) is -0.405. The molecular formula is C6H8NO3. The first-order valence-corrected chi connectivity index (χ1v) is 2.83. The molecule has 0 spiro atoms. The first kappa shape index (κ1) is 7.05. The van der Waals surface area contributed by atoms with Crippen molar-refractivity contribution in [3.05, 3.63) is 7.05 Å². The van der Waals surface area contributed by atoms with E-state index in [0.717, 1.165) is 4.90 Å². The standard InChI is InChI=1S/C6H8NO3/c1-6(2)4(8)7(3)5(9)10-6/h3H2,1-2H3. The van der Waals surface area contributed by atoms with Gasteiger partial charge in [-0.05, 0) is 13.8 Å². The summed E-state index contributed by atoms with van der Waals surface area (Å²) in [6.45, 7) is 3.05. The predicted molar refractivity (Wildman–Crippen MR) is 32.8 cm³/mol. The number of hydrogen-bond donors (Lipinski definition) is 0. The highest BCUT2D eigenvalue weighted by Gasteiger charge is 2.44. The molecule has 1 saturated heterocycles. The van der Waals surface area contributed by atoms with Gasteiger partial charge in [-0.25, -0.2) is 9.69 Å². The lowest BCUT2D eigenvalue weighted by atomic mass is 10.1. The van der Waals surface area contributed by atoms with Crippen molar-refractivity contribution in [1.29, 1.82) is 0 Å². The van der Waals surface area contributed by atoms with Crippen LogP contribution in [-0.2, 0) is 9.53 Å². The van der Waals surface area contributed by atoms with Crippen molar-refractivity contribution in [2.45, 2.75) is 19.4 Å². The molecule has 1 radical (unpaired) electrons. The highest BCUT2D eigenvalue weighted by Crippen LogP contribution is 2.21. The molecule has 10 heavy (non-hydrogen) atoms. The third-order valence-electron chi connectivity index (χ3n) is 1.32. The number of rotatable bonds is 0. The van der Waals surface area contributed by atoms with Gasteiger partial charge in [-0.3, -0.25) is 4.79 Å². The monoisotopic (exact) mass is 142 g/mol. The minimum Gasteiger partial charge on any atom is -0.433 e. The van der Waals surface area contributed by atoms with Crippen LogP contribution >= 0.6 is 0 Å². The van der Waals surface area contributed by atoms with Gasteiger partial charge in [0.1, 0.15) is 0 Å². The highest BCUT2D eigenvalue weighted by atomic mass is 16.6. The Labute approximate surface area is 58.8 Å². The van der Waals surface area contributed by atoms with Gasteiger partial charge in [-0.1, -0.05) is 0 Å². The molecule has 0 aromatic rings. The summed E-state index contributed by atoms with van der Waals surface area (Å²) in [4.78, 5) is 22.3. The SMILES string of the molecule is [CH2]N1C(=O)OC(C)(C)C1=O. The molecule has 1 aliphatic heterocycles. The van der Waals surface area contributed by atoms with E-state index in [1.807, 2.05) is 0 Å². The minimum absolute atomic E-state index is 0.405. The maximum absolute atomic E-state index is 11.0. The normalized spacial score (nSPS) is 23.3. The van der Waals surface area contributed by atoms with Crippen LogP contribution in [0.1, 0.15) is 13.8 Å². The van der Waals surface area contributed by atoms with Crippen LogP contribution in [0.3, 0.4) is 0 Å². The van der Waals surface area contributed by atoms with Crippen molar-refractivity contribution in [3.63, 3.8) is 0 Å². The maximum atomic E-state index is 11.0. The Bertz CT molecular complexity index is 197. The fourth-order valence-corrected chi connectivity index (χ4v) is 0.725. The molecular weight excluding hydrogens is 134 g/mol. The van der Waals surface area contributed by atoms with Gasteiger partial charge in [0.25, 0.3) is 5.91 Å². The Morgan fingerprint density at radius 3 is 2.10 bits per heavy atom. The molecule has 0 saturated carbocycles. The summed E-state index contributed by atoms with van der Waals surface area (Å²) in [6.07, 6.45) is -0.685. The second kappa shape index (κ2) is 1.71. The van der Waals surface area contributed by atoms with E-state index < -0.39 is 17.6 Å². The van der Waals surface area contributed by atoms with Gasteiger partial charge in [0.15, 0.2) is 5.60 Å². The van der Waals surface area contributed by atoms with Crippen LogP contribution < -0.4 is 0 Å². The summed E-state index contributed by atoms with van der Waals surface area (Å²) in [7, 11) is 3.20. The average Bonchev–Trinajstić information content (AvgIpc) is 1.95. The second-order valence-corrected chi connectivity index (χ2v) is 2.61. The summed E-state index contributed by atoms with van der Waals surface area (Å²) >= 11 is 0.